The second kappa shape index (κ2) is 5.66. The van der Waals surface area contributed by atoms with Gasteiger partial charge >= 0.3 is 0 Å². The SMILES string of the molecule is CCC1(CCC=C(C)C)OCCC(C)O1. The molecular weight excluding hydrogens is 188 g/mol. The maximum absolute atomic E-state index is 5.95. The molecule has 1 aliphatic rings. The van der Waals surface area contributed by atoms with E-state index in [-0.39, 0.29) is 5.79 Å². The van der Waals surface area contributed by atoms with E-state index in [0.29, 0.717) is 6.10 Å². The Balaban J connectivity index is 2.48. The van der Waals surface area contributed by atoms with Gasteiger partial charge in [0.25, 0.3) is 0 Å². The van der Waals surface area contributed by atoms with E-state index >= 15 is 0 Å². The fourth-order valence-corrected chi connectivity index (χ4v) is 1.94. The number of rotatable bonds is 4. The summed E-state index contributed by atoms with van der Waals surface area (Å²) in [6.45, 7) is 9.37. The van der Waals surface area contributed by atoms with Crippen molar-refractivity contribution in [1.29, 1.82) is 0 Å². The zero-order chi connectivity index (χ0) is 11.3. The van der Waals surface area contributed by atoms with Crippen LogP contribution in [-0.4, -0.2) is 18.5 Å². The molecular formula is C13H24O2. The summed E-state index contributed by atoms with van der Waals surface area (Å²) in [7, 11) is 0. The topological polar surface area (TPSA) is 18.5 Å². The van der Waals surface area contributed by atoms with Gasteiger partial charge in [0, 0.05) is 6.42 Å². The molecule has 2 nitrogen and oxygen atoms in total. The molecule has 1 aliphatic heterocycles. The van der Waals surface area contributed by atoms with Crippen molar-refractivity contribution in [3.63, 3.8) is 0 Å². The lowest BCUT2D eigenvalue weighted by Crippen LogP contribution is -2.43. The molecule has 88 valence electrons. The summed E-state index contributed by atoms with van der Waals surface area (Å²) >= 11 is 0. The molecule has 0 spiro atoms. The Morgan fingerprint density at radius 3 is 2.73 bits per heavy atom. The molecule has 0 amide bonds. The van der Waals surface area contributed by atoms with Gasteiger partial charge in [0.2, 0.25) is 0 Å². The molecule has 1 rings (SSSR count). The van der Waals surface area contributed by atoms with Crippen LogP contribution in [0.3, 0.4) is 0 Å². The van der Waals surface area contributed by atoms with Gasteiger partial charge in [-0.05, 0) is 40.0 Å². The van der Waals surface area contributed by atoms with E-state index in [1.165, 1.54) is 5.57 Å². The highest BCUT2D eigenvalue weighted by Crippen LogP contribution is 2.30. The minimum absolute atomic E-state index is 0.316. The monoisotopic (exact) mass is 212 g/mol. The first-order valence-corrected chi connectivity index (χ1v) is 6.03. The minimum atomic E-state index is -0.316. The van der Waals surface area contributed by atoms with E-state index in [9.17, 15) is 0 Å². The van der Waals surface area contributed by atoms with Gasteiger partial charge in [0.05, 0.1) is 12.7 Å². The Morgan fingerprint density at radius 1 is 1.47 bits per heavy atom. The summed E-state index contributed by atoms with van der Waals surface area (Å²) in [5.74, 6) is -0.316. The Morgan fingerprint density at radius 2 is 2.20 bits per heavy atom. The average Bonchev–Trinajstić information content (AvgIpc) is 2.17. The van der Waals surface area contributed by atoms with Crippen molar-refractivity contribution < 1.29 is 9.47 Å². The highest BCUT2D eigenvalue weighted by molar-refractivity contribution is 4.94. The van der Waals surface area contributed by atoms with E-state index in [1.54, 1.807) is 0 Å². The fraction of sp³-hybridized carbons (Fsp3) is 0.846. The van der Waals surface area contributed by atoms with Crippen LogP contribution in [0.4, 0.5) is 0 Å². The number of allylic oxidation sites excluding steroid dienone is 2. The number of hydrogen-bond acceptors (Lipinski definition) is 2. The summed E-state index contributed by atoms with van der Waals surface area (Å²) in [5, 5.41) is 0. The molecule has 0 radical (unpaired) electrons. The van der Waals surface area contributed by atoms with Gasteiger partial charge in [0.1, 0.15) is 0 Å². The quantitative estimate of drug-likeness (QED) is 0.662. The van der Waals surface area contributed by atoms with Gasteiger partial charge in [0.15, 0.2) is 5.79 Å². The van der Waals surface area contributed by atoms with Crippen LogP contribution in [0.15, 0.2) is 11.6 Å². The third-order valence-corrected chi connectivity index (χ3v) is 2.92. The third-order valence-electron chi connectivity index (χ3n) is 2.92. The zero-order valence-electron chi connectivity index (χ0n) is 10.5. The average molecular weight is 212 g/mol. The van der Waals surface area contributed by atoms with Crippen LogP contribution in [0.5, 0.6) is 0 Å². The van der Waals surface area contributed by atoms with Crippen LogP contribution >= 0.6 is 0 Å². The van der Waals surface area contributed by atoms with Gasteiger partial charge in [-0.25, -0.2) is 0 Å². The molecule has 0 bridgehead atoms. The van der Waals surface area contributed by atoms with Gasteiger partial charge in [-0.3, -0.25) is 0 Å². The van der Waals surface area contributed by atoms with Crippen molar-refractivity contribution in [3.8, 4) is 0 Å². The molecule has 1 heterocycles. The van der Waals surface area contributed by atoms with Gasteiger partial charge in [-0.1, -0.05) is 18.6 Å². The van der Waals surface area contributed by atoms with Gasteiger partial charge in [-0.2, -0.15) is 0 Å². The summed E-state index contributed by atoms with van der Waals surface area (Å²) in [5.41, 5.74) is 1.37. The Kier molecular flexibility index (Phi) is 4.81. The minimum Gasteiger partial charge on any atom is -0.350 e. The predicted octanol–water partition coefficient (Wildman–Crippen LogP) is 3.66. The lowest BCUT2D eigenvalue weighted by Gasteiger charge is -2.39. The summed E-state index contributed by atoms with van der Waals surface area (Å²) in [4.78, 5) is 0. The molecule has 2 atom stereocenters. The van der Waals surface area contributed by atoms with Crippen molar-refractivity contribution in [1.82, 2.24) is 0 Å². The third kappa shape index (κ3) is 3.96. The van der Waals surface area contributed by atoms with E-state index < -0.39 is 0 Å². The Hall–Kier alpha value is -0.340. The fourth-order valence-electron chi connectivity index (χ4n) is 1.94. The van der Waals surface area contributed by atoms with Gasteiger partial charge in [-0.15, -0.1) is 0 Å². The Bertz CT molecular complexity index is 219. The molecule has 1 saturated heterocycles. The summed E-state index contributed by atoms with van der Waals surface area (Å²) < 4.78 is 11.8. The Labute approximate surface area is 93.7 Å². The van der Waals surface area contributed by atoms with E-state index in [4.69, 9.17) is 9.47 Å². The summed E-state index contributed by atoms with van der Waals surface area (Å²) in [6.07, 6.45) is 6.56. The largest absolute Gasteiger partial charge is 0.350 e. The molecule has 0 aromatic carbocycles. The second-order valence-electron chi connectivity index (χ2n) is 4.65. The molecule has 15 heavy (non-hydrogen) atoms. The lowest BCUT2D eigenvalue weighted by molar-refractivity contribution is -0.293. The number of hydrogen-bond donors (Lipinski definition) is 0. The summed E-state index contributed by atoms with van der Waals surface area (Å²) in [6, 6.07) is 0. The van der Waals surface area contributed by atoms with Gasteiger partial charge < -0.3 is 9.47 Å². The van der Waals surface area contributed by atoms with Crippen LogP contribution in [-0.2, 0) is 9.47 Å². The van der Waals surface area contributed by atoms with Crippen LogP contribution in [0, 0.1) is 0 Å². The molecule has 0 saturated carbocycles. The first-order valence-electron chi connectivity index (χ1n) is 6.03. The van der Waals surface area contributed by atoms with Crippen LogP contribution in [0.2, 0.25) is 0 Å². The van der Waals surface area contributed by atoms with Crippen molar-refractivity contribution in [2.45, 2.75) is 65.3 Å². The van der Waals surface area contributed by atoms with E-state index in [1.807, 2.05) is 0 Å². The van der Waals surface area contributed by atoms with Crippen molar-refractivity contribution in [3.05, 3.63) is 11.6 Å². The van der Waals surface area contributed by atoms with E-state index in [2.05, 4.69) is 33.8 Å². The highest BCUT2D eigenvalue weighted by Gasteiger charge is 2.34. The lowest BCUT2D eigenvalue weighted by atomic mass is 10.0. The van der Waals surface area contributed by atoms with Crippen molar-refractivity contribution in [2.24, 2.45) is 0 Å². The smallest absolute Gasteiger partial charge is 0.168 e. The maximum Gasteiger partial charge on any atom is 0.168 e. The predicted molar refractivity (Wildman–Crippen MR) is 62.8 cm³/mol. The first kappa shape index (κ1) is 12.7. The molecule has 2 heteroatoms. The van der Waals surface area contributed by atoms with Crippen LogP contribution in [0.25, 0.3) is 0 Å². The molecule has 2 unspecified atom stereocenters. The van der Waals surface area contributed by atoms with E-state index in [0.717, 1.165) is 32.3 Å². The van der Waals surface area contributed by atoms with Crippen LogP contribution < -0.4 is 0 Å². The van der Waals surface area contributed by atoms with Crippen molar-refractivity contribution >= 4 is 0 Å². The second-order valence-corrected chi connectivity index (χ2v) is 4.65. The molecule has 1 fully saturated rings. The molecule has 0 aromatic rings. The standard InChI is InChI=1S/C13H24O2/c1-5-13(9-6-7-11(2)3)14-10-8-12(4)15-13/h7,12H,5-6,8-10H2,1-4H3. The van der Waals surface area contributed by atoms with Crippen LogP contribution in [0.1, 0.15) is 53.4 Å². The first-order chi connectivity index (χ1) is 7.08. The van der Waals surface area contributed by atoms with Crippen molar-refractivity contribution in [2.75, 3.05) is 6.61 Å². The molecule has 0 aromatic heterocycles. The number of ether oxygens (including phenoxy) is 2. The molecule has 0 N–H and O–H groups in total. The normalized spacial score (nSPS) is 31.3. The zero-order valence-corrected chi connectivity index (χ0v) is 10.5. The maximum atomic E-state index is 5.95. The highest BCUT2D eigenvalue weighted by atomic mass is 16.7. The molecule has 0 aliphatic carbocycles.